The molecule has 1 aliphatic heterocycles. The molecule has 0 spiro atoms. The van der Waals surface area contributed by atoms with E-state index in [1.165, 1.54) is 18.4 Å². The van der Waals surface area contributed by atoms with Crippen molar-refractivity contribution in [2.75, 3.05) is 24.5 Å². The number of aryl methyl sites for hydroxylation is 1. The third kappa shape index (κ3) is 2.19. The van der Waals surface area contributed by atoms with Gasteiger partial charge in [-0.25, -0.2) is 4.98 Å². The summed E-state index contributed by atoms with van der Waals surface area (Å²) in [5.41, 5.74) is 7.41. The predicted molar refractivity (Wildman–Crippen MR) is 67.6 cm³/mol. The Morgan fingerprint density at radius 3 is 2.69 bits per heavy atom. The fourth-order valence-corrected chi connectivity index (χ4v) is 2.27. The molecule has 2 N–H and O–H groups in total. The Morgan fingerprint density at radius 1 is 1.44 bits per heavy atom. The van der Waals surface area contributed by atoms with Gasteiger partial charge in [0.1, 0.15) is 5.82 Å². The lowest BCUT2D eigenvalue weighted by Gasteiger charge is -2.39. The van der Waals surface area contributed by atoms with Crippen molar-refractivity contribution in [3.05, 3.63) is 23.9 Å². The number of piperidine rings is 1. The Labute approximate surface area is 97.7 Å². The van der Waals surface area contributed by atoms with Crippen LogP contribution in [0.2, 0.25) is 0 Å². The number of nitrogens with zero attached hydrogens (tertiary/aromatic N) is 2. The van der Waals surface area contributed by atoms with Crippen LogP contribution in [0.15, 0.2) is 18.3 Å². The number of pyridine rings is 1. The van der Waals surface area contributed by atoms with Crippen LogP contribution in [-0.4, -0.2) is 24.6 Å². The summed E-state index contributed by atoms with van der Waals surface area (Å²) in [5.74, 6) is 1.14. The molecule has 0 amide bonds. The third-order valence-electron chi connectivity index (χ3n) is 3.74. The predicted octanol–water partition coefficient (Wildman–Crippen LogP) is 1.96. The Bertz CT molecular complexity index is 354. The number of anilines is 1. The zero-order valence-electron chi connectivity index (χ0n) is 10.2. The van der Waals surface area contributed by atoms with Gasteiger partial charge < -0.3 is 10.6 Å². The summed E-state index contributed by atoms with van der Waals surface area (Å²) in [6.07, 6.45) is 4.21. The molecule has 3 heteroatoms. The molecule has 2 heterocycles. The van der Waals surface area contributed by atoms with Crippen LogP contribution < -0.4 is 10.6 Å². The molecular formula is C13H21N3. The van der Waals surface area contributed by atoms with E-state index >= 15 is 0 Å². The molecule has 0 saturated carbocycles. The van der Waals surface area contributed by atoms with Gasteiger partial charge in [0.2, 0.25) is 0 Å². The Balaban J connectivity index is 2.07. The number of hydrogen-bond donors (Lipinski definition) is 1. The summed E-state index contributed by atoms with van der Waals surface area (Å²) in [6, 6.07) is 4.12. The topological polar surface area (TPSA) is 42.2 Å². The van der Waals surface area contributed by atoms with E-state index in [1.54, 1.807) is 0 Å². The van der Waals surface area contributed by atoms with Gasteiger partial charge in [-0.1, -0.05) is 13.0 Å². The monoisotopic (exact) mass is 219 g/mol. The van der Waals surface area contributed by atoms with E-state index in [1.807, 2.05) is 12.3 Å². The van der Waals surface area contributed by atoms with Gasteiger partial charge in [-0.2, -0.15) is 0 Å². The summed E-state index contributed by atoms with van der Waals surface area (Å²) in [6.45, 7) is 7.35. The molecule has 88 valence electrons. The number of aromatic nitrogens is 1. The molecule has 1 fully saturated rings. The molecule has 0 bridgehead atoms. The zero-order chi connectivity index (χ0) is 11.6. The second-order valence-electron chi connectivity index (χ2n) is 5.15. The first-order valence-electron chi connectivity index (χ1n) is 6.01. The Kier molecular flexibility index (Phi) is 3.15. The van der Waals surface area contributed by atoms with E-state index in [4.69, 9.17) is 5.73 Å². The molecule has 1 aliphatic rings. The van der Waals surface area contributed by atoms with Gasteiger partial charge in [0.15, 0.2) is 0 Å². The molecule has 1 saturated heterocycles. The van der Waals surface area contributed by atoms with Crippen molar-refractivity contribution in [2.45, 2.75) is 26.7 Å². The minimum Gasteiger partial charge on any atom is -0.356 e. The molecule has 0 unspecified atom stereocenters. The van der Waals surface area contributed by atoms with E-state index < -0.39 is 0 Å². The van der Waals surface area contributed by atoms with Crippen molar-refractivity contribution < 1.29 is 0 Å². The average molecular weight is 219 g/mol. The van der Waals surface area contributed by atoms with E-state index in [9.17, 15) is 0 Å². The standard InChI is InChI=1S/C13H21N3/c1-11-4-3-7-15-12(11)16-8-5-13(2,10-14)6-9-16/h3-4,7H,5-6,8-10,14H2,1-2H3. The Hall–Kier alpha value is -1.09. The van der Waals surface area contributed by atoms with Crippen molar-refractivity contribution in [3.63, 3.8) is 0 Å². The highest BCUT2D eigenvalue weighted by Crippen LogP contribution is 2.31. The molecule has 3 nitrogen and oxygen atoms in total. The van der Waals surface area contributed by atoms with Gasteiger partial charge >= 0.3 is 0 Å². The van der Waals surface area contributed by atoms with Crippen LogP contribution in [0.1, 0.15) is 25.3 Å². The molecule has 0 aromatic carbocycles. The first-order valence-corrected chi connectivity index (χ1v) is 6.01. The first kappa shape index (κ1) is 11.4. The second-order valence-corrected chi connectivity index (χ2v) is 5.15. The zero-order valence-corrected chi connectivity index (χ0v) is 10.2. The SMILES string of the molecule is Cc1cccnc1N1CCC(C)(CN)CC1. The average Bonchev–Trinajstić information content (AvgIpc) is 2.31. The molecule has 0 atom stereocenters. The normalized spacial score (nSPS) is 19.8. The van der Waals surface area contributed by atoms with E-state index in [-0.39, 0.29) is 0 Å². The highest BCUT2D eigenvalue weighted by molar-refractivity contribution is 5.46. The highest BCUT2D eigenvalue weighted by Gasteiger charge is 2.29. The molecule has 0 aliphatic carbocycles. The van der Waals surface area contributed by atoms with Crippen molar-refractivity contribution in [3.8, 4) is 0 Å². The summed E-state index contributed by atoms with van der Waals surface area (Å²) >= 11 is 0. The maximum Gasteiger partial charge on any atom is 0.131 e. The quantitative estimate of drug-likeness (QED) is 0.826. The summed E-state index contributed by atoms with van der Waals surface area (Å²) in [7, 11) is 0. The van der Waals surface area contributed by atoms with Gasteiger partial charge in [0.05, 0.1) is 0 Å². The van der Waals surface area contributed by atoms with Gasteiger partial charge in [-0.15, -0.1) is 0 Å². The molecule has 1 aromatic rings. The van der Waals surface area contributed by atoms with Crippen LogP contribution in [-0.2, 0) is 0 Å². The summed E-state index contributed by atoms with van der Waals surface area (Å²) in [4.78, 5) is 6.85. The molecule has 16 heavy (non-hydrogen) atoms. The third-order valence-corrected chi connectivity index (χ3v) is 3.74. The van der Waals surface area contributed by atoms with Crippen LogP contribution in [0.25, 0.3) is 0 Å². The Morgan fingerprint density at radius 2 is 2.12 bits per heavy atom. The van der Waals surface area contributed by atoms with Crippen LogP contribution in [0.3, 0.4) is 0 Å². The lowest BCUT2D eigenvalue weighted by molar-refractivity contribution is 0.258. The van der Waals surface area contributed by atoms with Gasteiger partial charge in [0, 0.05) is 19.3 Å². The van der Waals surface area contributed by atoms with Gasteiger partial charge in [-0.3, -0.25) is 0 Å². The minimum absolute atomic E-state index is 0.333. The van der Waals surface area contributed by atoms with Crippen LogP contribution >= 0.6 is 0 Å². The van der Waals surface area contributed by atoms with Crippen LogP contribution in [0.5, 0.6) is 0 Å². The molecule has 2 rings (SSSR count). The fourth-order valence-electron chi connectivity index (χ4n) is 2.27. The van der Waals surface area contributed by atoms with Crippen molar-refractivity contribution in [1.29, 1.82) is 0 Å². The van der Waals surface area contributed by atoms with E-state index in [2.05, 4.69) is 29.8 Å². The molecule has 0 radical (unpaired) electrons. The van der Waals surface area contributed by atoms with Crippen molar-refractivity contribution in [2.24, 2.45) is 11.1 Å². The largest absolute Gasteiger partial charge is 0.356 e. The summed E-state index contributed by atoms with van der Waals surface area (Å²) < 4.78 is 0. The maximum atomic E-state index is 5.82. The number of rotatable bonds is 2. The van der Waals surface area contributed by atoms with Crippen molar-refractivity contribution in [1.82, 2.24) is 4.98 Å². The lowest BCUT2D eigenvalue weighted by Crippen LogP contribution is -2.42. The first-order chi connectivity index (χ1) is 7.64. The molecule has 1 aromatic heterocycles. The van der Waals surface area contributed by atoms with Crippen molar-refractivity contribution >= 4 is 5.82 Å². The lowest BCUT2D eigenvalue weighted by atomic mass is 9.80. The smallest absolute Gasteiger partial charge is 0.131 e. The van der Waals surface area contributed by atoms with Gasteiger partial charge in [0.25, 0.3) is 0 Å². The van der Waals surface area contributed by atoms with E-state index in [0.717, 1.165) is 25.5 Å². The summed E-state index contributed by atoms with van der Waals surface area (Å²) in [5, 5.41) is 0. The van der Waals surface area contributed by atoms with E-state index in [0.29, 0.717) is 5.41 Å². The van der Waals surface area contributed by atoms with Gasteiger partial charge in [-0.05, 0) is 43.4 Å². The number of nitrogens with two attached hydrogens (primary N) is 1. The maximum absolute atomic E-state index is 5.82. The fraction of sp³-hybridized carbons (Fsp3) is 0.615. The molecular weight excluding hydrogens is 198 g/mol. The minimum atomic E-state index is 0.333. The van der Waals surface area contributed by atoms with Crippen LogP contribution in [0.4, 0.5) is 5.82 Å². The number of hydrogen-bond acceptors (Lipinski definition) is 3. The second kappa shape index (κ2) is 4.42. The highest BCUT2D eigenvalue weighted by atomic mass is 15.2. The van der Waals surface area contributed by atoms with Crippen LogP contribution in [0, 0.1) is 12.3 Å².